The van der Waals surface area contributed by atoms with Crippen LogP contribution in [0.5, 0.6) is 0 Å². The third-order valence-corrected chi connectivity index (χ3v) is 5.79. The molecule has 0 unspecified atom stereocenters. The molecule has 0 amide bonds. The zero-order valence-electron chi connectivity index (χ0n) is 16.1. The number of halogens is 1. The van der Waals surface area contributed by atoms with E-state index >= 15 is 0 Å². The maximum atomic E-state index is 13.3. The maximum Gasteiger partial charge on any atom is 0.260 e. The van der Waals surface area contributed by atoms with Gasteiger partial charge in [0.1, 0.15) is 11.5 Å². The van der Waals surface area contributed by atoms with Gasteiger partial charge in [0.05, 0.1) is 10.7 Å². The highest BCUT2D eigenvalue weighted by atomic mass is 35.5. The fourth-order valence-electron chi connectivity index (χ4n) is 3.28. The molecule has 1 aromatic carbocycles. The summed E-state index contributed by atoms with van der Waals surface area (Å²) in [5.41, 5.74) is 9.15. The van der Waals surface area contributed by atoms with Crippen LogP contribution in [0.15, 0.2) is 40.6 Å². The van der Waals surface area contributed by atoms with Crippen molar-refractivity contribution in [2.45, 2.75) is 26.8 Å². The molecule has 0 bridgehead atoms. The van der Waals surface area contributed by atoms with Crippen LogP contribution in [0, 0.1) is 13.8 Å². The highest BCUT2D eigenvalue weighted by molar-refractivity contribution is 7.09. The summed E-state index contributed by atoms with van der Waals surface area (Å²) >= 11 is 8.19. The van der Waals surface area contributed by atoms with Crippen LogP contribution in [0.4, 0.5) is 0 Å². The first-order chi connectivity index (χ1) is 14.0. The molecule has 8 heteroatoms. The summed E-state index contributed by atoms with van der Waals surface area (Å²) in [4.78, 5) is 26.6. The molecule has 0 fully saturated rings. The molecule has 4 aromatic rings. The van der Waals surface area contributed by atoms with E-state index in [9.17, 15) is 4.79 Å². The van der Waals surface area contributed by atoms with Gasteiger partial charge in [-0.2, -0.15) is 0 Å². The van der Waals surface area contributed by atoms with Crippen molar-refractivity contribution in [3.05, 3.63) is 62.1 Å². The van der Waals surface area contributed by atoms with E-state index in [1.165, 1.54) is 0 Å². The number of nitrogens with two attached hydrogens (primary N) is 1. The zero-order chi connectivity index (χ0) is 20.5. The third kappa shape index (κ3) is 3.81. The molecule has 6 nitrogen and oxygen atoms in total. The smallest absolute Gasteiger partial charge is 0.260 e. The molecule has 0 aliphatic rings. The molecule has 0 aliphatic heterocycles. The lowest BCUT2D eigenvalue weighted by atomic mass is 10.0. The van der Waals surface area contributed by atoms with E-state index in [0.29, 0.717) is 47.1 Å². The quantitative estimate of drug-likeness (QED) is 0.517. The largest absolute Gasteiger partial charge is 0.330 e. The number of hydrogen-bond donors (Lipinski definition) is 1. The van der Waals surface area contributed by atoms with E-state index in [1.807, 2.05) is 36.6 Å². The second kappa shape index (κ2) is 8.02. The summed E-state index contributed by atoms with van der Waals surface area (Å²) in [5, 5.41) is 4.28. The molecule has 2 N–H and O–H groups in total. The zero-order valence-corrected chi connectivity index (χ0v) is 17.7. The van der Waals surface area contributed by atoms with Crippen LogP contribution in [0.1, 0.15) is 17.3 Å². The lowest BCUT2D eigenvalue weighted by Gasteiger charge is -2.13. The molecule has 29 heavy (non-hydrogen) atoms. The molecule has 148 valence electrons. The number of hydrogen-bond acceptors (Lipinski definition) is 6. The van der Waals surface area contributed by atoms with Crippen LogP contribution in [0.3, 0.4) is 0 Å². The molecule has 0 atom stereocenters. The molecule has 4 rings (SSSR count). The van der Waals surface area contributed by atoms with Gasteiger partial charge in [0, 0.05) is 45.2 Å². The van der Waals surface area contributed by atoms with Crippen LogP contribution < -0.4 is 11.3 Å². The van der Waals surface area contributed by atoms with Gasteiger partial charge in [-0.15, -0.1) is 11.3 Å². The third-order valence-electron chi connectivity index (χ3n) is 4.71. The number of pyridine rings is 1. The molecule has 0 aliphatic carbocycles. The first-order valence-corrected chi connectivity index (χ1v) is 10.5. The molecule has 3 aromatic heterocycles. The highest BCUT2D eigenvalue weighted by Crippen LogP contribution is 2.32. The van der Waals surface area contributed by atoms with E-state index in [0.717, 1.165) is 21.7 Å². The van der Waals surface area contributed by atoms with Gasteiger partial charge in [0.25, 0.3) is 5.56 Å². The number of aryl methyl sites for hydroxylation is 3. The Morgan fingerprint density at radius 1 is 1.17 bits per heavy atom. The summed E-state index contributed by atoms with van der Waals surface area (Å²) in [6.07, 6.45) is 2.41. The molecule has 0 radical (unpaired) electrons. The van der Waals surface area contributed by atoms with Crippen molar-refractivity contribution in [1.82, 2.24) is 19.5 Å². The molecular formula is C21H20ClN5OS. The minimum atomic E-state index is -0.136. The Balaban J connectivity index is 1.88. The van der Waals surface area contributed by atoms with Gasteiger partial charge in [0.15, 0.2) is 0 Å². The van der Waals surface area contributed by atoms with Crippen molar-refractivity contribution >= 4 is 34.0 Å². The Kier molecular flexibility index (Phi) is 5.45. The Labute approximate surface area is 177 Å². The minimum Gasteiger partial charge on any atom is -0.330 e. The van der Waals surface area contributed by atoms with Crippen LogP contribution in [-0.2, 0) is 6.54 Å². The van der Waals surface area contributed by atoms with Crippen molar-refractivity contribution < 1.29 is 0 Å². The van der Waals surface area contributed by atoms with Crippen molar-refractivity contribution in [2.75, 3.05) is 6.54 Å². The maximum absolute atomic E-state index is 13.3. The summed E-state index contributed by atoms with van der Waals surface area (Å²) in [6.45, 7) is 4.75. The topological polar surface area (TPSA) is 86.7 Å². The predicted molar refractivity (Wildman–Crippen MR) is 118 cm³/mol. The van der Waals surface area contributed by atoms with Crippen LogP contribution in [-0.4, -0.2) is 26.1 Å². The lowest BCUT2D eigenvalue weighted by molar-refractivity contribution is 0.645. The first-order valence-electron chi connectivity index (χ1n) is 9.27. The van der Waals surface area contributed by atoms with E-state index < -0.39 is 0 Å². The monoisotopic (exact) mass is 425 g/mol. The van der Waals surface area contributed by atoms with Crippen molar-refractivity contribution in [2.24, 2.45) is 5.73 Å². The van der Waals surface area contributed by atoms with Crippen molar-refractivity contribution in [1.29, 1.82) is 0 Å². The van der Waals surface area contributed by atoms with E-state index in [4.69, 9.17) is 17.3 Å². The molecule has 0 spiro atoms. The van der Waals surface area contributed by atoms with Gasteiger partial charge in [0.2, 0.25) is 0 Å². The Hall–Kier alpha value is -2.61. The lowest BCUT2D eigenvalue weighted by Crippen LogP contribution is -2.24. The van der Waals surface area contributed by atoms with Crippen molar-refractivity contribution in [3.8, 4) is 22.4 Å². The Bertz CT molecular complexity index is 1260. The van der Waals surface area contributed by atoms with Gasteiger partial charge < -0.3 is 5.73 Å². The number of thiazole rings is 1. The summed E-state index contributed by atoms with van der Waals surface area (Å²) in [5.74, 6) is 0.618. The normalized spacial score (nSPS) is 11.3. The van der Waals surface area contributed by atoms with Gasteiger partial charge in [-0.1, -0.05) is 23.7 Å². The summed E-state index contributed by atoms with van der Waals surface area (Å²) in [7, 11) is 0. The SMILES string of the molecule is Cc1ncc2cc(-c3ccc(-c4csc(C)n4)cc3Cl)c(=O)n(CCCN)c2n1. The molecule has 3 heterocycles. The highest BCUT2D eigenvalue weighted by Gasteiger charge is 2.16. The van der Waals surface area contributed by atoms with E-state index in [2.05, 4.69) is 15.0 Å². The molecular weight excluding hydrogens is 406 g/mol. The number of fused-ring (bicyclic) bond motifs is 1. The Morgan fingerprint density at radius 3 is 2.69 bits per heavy atom. The number of rotatable bonds is 5. The second-order valence-corrected chi connectivity index (χ2v) is 8.27. The van der Waals surface area contributed by atoms with Crippen LogP contribution >= 0.6 is 22.9 Å². The standard InChI is InChI=1S/C21H20ClN5OS/c1-12-24-10-15-8-17(21(28)27(7-3-6-23)20(15)25-12)16-5-4-14(9-18(16)22)19-11-29-13(2)26-19/h4-5,8-11H,3,6-7,23H2,1-2H3. The van der Waals surface area contributed by atoms with Crippen molar-refractivity contribution in [3.63, 3.8) is 0 Å². The van der Waals surface area contributed by atoms with Gasteiger partial charge in [-0.25, -0.2) is 15.0 Å². The molecule has 0 saturated carbocycles. The molecule has 0 saturated heterocycles. The first kappa shape index (κ1) is 19.7. The van der Waals surface area contributed by atoms with E-state index in [-0.39, 0.29) is 5.56 Å². The fourth-order valence-corrected chi connectivity index (χ4v) is 4.19. The summed E-state index contributed by atoms with van der Waals surface area (Å²) < 4.78 is 1.67. The van der Waals surface area contributed by atoms with Crippen LogP contribution in [0.25, 0.3) is 33.4 Å². The predicted octanol–water partition coefficient (Wildman–Crippen LogP) is 4.20. The summed E-state index contributed by atoms with van der Waals surface area (Å²) in [6, 6.07) is 7.47. The number of aromatic nitrogens is 4. The fraction of sp³-hybridized carbons (Fsp3) is 0.238. The number of benzene rings is 1. The van der Waals surface area contributed by atoms with Gasteiger partial charge in [-0.3, -0.25) is 9.36 Å². The Morgan fingerprint density at radius 2 is 2.00 bits per heavy atom. The van der Waals surface area contributed by atoms with Gasteiger partial charge >= 0.3 is 0 Å². The van der Waals surface area contributed by atoms with Gasteiger partial charge in [-0.05, 0) is 38.9 Å². The second-order valence-electron chi connectivity index (χ2n) is 6.80. The number of nitrogens with zero attached hydrogens (tertiary/aromatic N) is 4. The average molecular weight is 426 g/mol. The van der Waals surface area contributed by atoms with Crippen LogP contribution in [0.2, 0.25) is 5.02 Å². The van der Waals surface area contributed by atoms with E-state index in [1.54, 1.807) is 29.0 Å². The average Bonchev–Trinajstić information content (AvgIpc) is 3.14. The minimum absolute atomic E-state index is 0.136.